The van der Waals surface area contributed by atoms with Gasteiger partial charge in [0.1, 0.15) is 5.82 Å². The molecule has 1 atom stereocenters. The molecule has 1 aromatic heterocycles. The number of hydrogen-bond acceptors (Lipinski definition) is 4. The van der Waals surface area contributed by atoms with E-state index in [1.54, 1.807) is 17.7 Å². The van der Waals surface area contributed by atoms with Crippen LogP contribution in [0.25, 0.3) is 16.6 Å². The molecule has 1 amide bonds. The van der Waals surface area contributed by atoms with Gasteiger partial charge in [-0.25, -0.2) is 4.98 Å². The number of rotatable bonds is 9. The summed E-state index contributed by atoms with van der Waals surface area (Å²) in [6, 6.07) is 13.0. The second-order valence-corrected chi connectivity index (χ2v) is 8.26. The van der Waals surface area contributed by atoms with Crippen LogP contribution in [0.3, 0.4) is 0 Å². The number of amides is 1. The summed E-state index contributed by atoms with van der Waals surface area (Å²) in [6.07, 6.45) is 1.94. The summed E-state index contributed by atoms with van der Waals surface area (Å²) in [4.78, 5) is 33.4. The van der Waals surface area contributed by atoms with Gasteiger partial charge in [0.15, 0.2) is 0 Å². The van der Waals surface area contributed by atoms with E-state index < -0.39 is 0 Å². The number of ether oxygens (including phenoxy) is 1. The number of aryl methyl sites for hydroxylation is 2. The van der Waals surface area contributed by atoms with Crippen molar-refractivity contribution in [2.45, 2.75) is 53.0 Å². The fraction of sp³-hybridized carbons (Fsp3) is 0.423. The highest BCUT2D eigenvalue weighted by Gasteiger charge is 2.26. The molecule has 0 spiro atoms. The number of hydrogen-bond donors (Lipinski definition) is 0. The molecule has 6 heteroatoms. The van der Waals surface area contributed by atoms with Crippen LogP contribution in [0, 0.1) is 13.8 Å². The SMILES string of the molecule is CCCC(=O)N(CCCOC)C(C)c1nc2ccccc2c(=O)n1-c1ccc(C)c(C)c1. The van der Waals surface area contributed by atoms with Crippen LogP contribution in [0.5, 0.6) is 0 Å². The molecule has 0 saturated heterocycles. The van der Waals surface area contributed by atoms with Crippen LogP contribution in [0.1, 0.15) is 56.1 Å². The van der Waals surface area contributed by atoms with E-state index in [0.29, 0.717) is 36.3 Å². The Morgan fingerprint density at radius 2 is 1.91 bits per heavy atom. The lowest BCUT2D eigenvalue weighted by Gasteiger charge is -2.30. The Morgan fingerprint density at radius 1 is 1.16 bits per heavy atom. The minimum Gasteiger partial charge on any atom is -0.385 e. The lowest BCUT2D eigenvalue weighted by atomic mass is 10.1. The first kappa shape index (κ1) is 23.7. The quantitative estimate of drug-likeness (QED) is 0.456. The van der Waals surface area contributed by atoms with E-state index in [0.717, 1.165) is 29.7 Å². The molecule has 0 aliphatic rings. The molecule has 0 radical (unpaired) electrons. The summed E-state index contributed by atoms with van der Waals surface area (Å²) in [5.74, 6) is 0.629. The van der Waals surface area contributed by atoms with E-state index in [2.05, 4.69) is 0 Å². The Hall–Kier alpha value is -2.99. The Kier molecular flexibility index (Phi) is 7.80. The molecule has 1 heterocycles. The lowest BCUT2D eigenvalue weighted by molar-refractivity contribution is -0.133. The zero-order chi connectivity index (χ0) is 23.3. The first-order valence-electron chi connectivity index (χ1n) is 11.3. The number of fused-ring (bicyclic) bond motifs is 1. The van der Waals surface area contributed by atoms with Crippen molar-refractivity contribution >= 4 is 16.8 Å². The molecule has 3 rings (SSSR count). The van der Waals surface area contributed by atoms with E-state index in [4.69, 9.17) is 9.72 Å². The van der Waals surface area contributed by atoms with E-state index in [9.17, 15) is 9.59 Å². The van der Waals surface area contributed by atoms with Gasteiger partial charge in [0.2, 0.25) is 5.91 Å². The molecule has 32 heavy (non-hydrogen) atoms. The standard InChI is InChI=1S/C26H33N3O3/c1-6-10-24(30)28(15-9-16-32-5)20(4)25-27-23-12-8-7-11-22(23)26(31)29(25)21-14-13-18(2)19(3)17-21/h7-8,11-14,17,20H,6,9-10,15-16H2,1-5H3. The highest BCUT2D eigenvalue weighted by Crippen LogP contribution is 2.25. The molecule has 2 aromatic carbocycles. The van der Waals surface area contributed by atoms with Crippen molar-refractivity contribution in [3.05, 3.63) is 69.8 Å². The minimum absolute atomic E-state index is 0.0603. The third kappa shape index (κ3) is 4.91. The zero-order valence-corrected chi connectivity index (χ0v) is 19.7. The van der Waals surface area contributed by atoms with Crippen molar-refractivity contribution in [2.24, 2.45) is 0 Å². The molecule has 0 saturated carbocycles. The molecule has 0 N–H and O–H groups in total. The second-order valence-electron chi connectivity index (χ2n) is 8.26. The van der Waals surface area contributed by atoms with Gasteiger partial charge in [0.25, 0.3) is 5.56 Å². The molecule has 0 aliphatic carbocycles. The number of carbonyl (C=O) groups is 1. The predicted octanol–water partition coefficient (Wildman–Crippen LogP) is 4.73. The van der Waals surface area contributed by atoms with Crippen LogP contribution in [-0.2, 0) is 9.53 Å². The summed E-state index contributed by atoms with van der Waals surface area (Å²) in [6.45, 7) is 9.14. The van der Waals surface area contributed by atoms with E-state index >= 15 is 0 Å². The highest BCUT2D eigenvalue weighted by atomic mass is 16.5. The predicted molar refractivity (Wildman–Crippen MR) is 128 cm³/mol. The molecule has 0 fully saturated rings. The first-order valence-corrected chi connectivity index (χ1v) is 11.3. The van der Waals surface area contributed by atoms with Gasteiger partial charge in [-0.15, -0.1) is 0 Å². The topological polar surface area (TPSA) is 64.4 Å². The highest BCUT2D eigenvalue weighted by molar-refractivity contribution is 5.79. The number of nitrogens with zero attached hydrogens (tertiary/aromatic N) is 3. The number of carbonyl (C=O) groups excluding carboxylic acids is 1. The molecule has 6 nitrogen and oxygen atoms in total. The fourth-order valence-electron chi connectivity index (χ4n) is 3.95. The van der Waals surface area contributed by atoms with Crippen LogP contribution < -0.4 is 5.56 Å². The van der Waals surface area contributed by atoms with Crippen molar-refractivity contribution in [2.75, 3.05) is 20.3 Å². The van der Waals surface area contributed by atoms with E-state index in [-0.39, 0.29) is 17.5 Å². The Morgan fingerprint density at radius 3 is 2.59 bits per heavy atom. The van der Waals surface area contributed by atoms with Crippen LogP contribution in [0.15, 0.2) is 47.3 Å². The summed E-state index contributed by atoms with van der Waals surface area (Å²) < 4.78 is 6.87. The average Bonchev–Trinajstić information content (AvgIpc) is 2.78. The molecule has 0 aliphatic heterocycles. The summed E-state index contributed by atoms with van der Waals surface area (Å²) in [7, 11) is 1.66. The van der Waals surface area contributed by atoms with Gasteiger partial charge in [0, 0.05) is 26.7 Å². The molecule has 3 aromatic rings. The molecular formula is C26H33N3O3. The smallest absolute Gasteiger partial charge is 0.266 e. The summed E-state index contributed by atoms with van der Waals surface area (Å²) in [5, 5.41) is 0.562. The maximum Gasteiger partial charge on any atom is 0.266 e. The Balaban J connectivity index is 2.21. The monoisotopic (exact) mass is 435 g/mol. The van der Waals surface area contributed by atoms with E-state index in [1.807, 2.05) is 69.0 Å². The van der Waals surface area contributed by atoms with Gasteiger partial charge >= 0.3 is 0 Å². The summed E-state index contributed by atoms with van der Waals surface area (Å²) in [5.41, 5.74) is 3.53. The zero-order valence-electron chi connectivity index (χ0n) is 19.7. The molecule has 170 valence electrons. The van der Waals surface area contributed by atoms with Crippen molar-refractivity contribution < 1.29 is 9.53 Å². The van der Waals surface area contributed by atoms with Crippen molar-refractivity contribution in [3.63, 3.8) is 0 Å². The number of aromatic nitrogens is 2. The molecular weight excluding hydrogens is 402 g/mol. The number of benzene rings is 2. The maximum atomic E-state index is 13.6. The van der Waals surface area contributed by atoms with Crippen LogP contribution >= 0.6 is 0 Å². The maximum absolute atomic E-state index is 13.6. The van der Waals surface area contributed by atoms with Crippen molar-refractivity contribution in [1.82, 2.24) is 14.5 Å². The number of methoxy groups -OCH3 is 1. The fourth-order valence-corrected chi connectivity index (χ4v) is 3.95. The van der Waals surface area contributed by atoms with Crippen LogP contribution in [-0.4, -0.2) is 40.6 Å². The van der Waals surface area contributed by atoms with Crippen molar-refractivity contribution in [1.29, 1.82) is 0 Å². The first-order chi connectivity index (χ1) is 15.4. The lowest BCUT2D eigenvalue weighted by Crippen LogP contribution is -2.38. The van der Waals surface area contributed by atoms with Gasteiger partial charge in [0.05, 0.1) is 22.6 Å². The third-order valence-electron chi connectivity index (χ3n) is 5.92. The van der Waals surface area contributed by atoms with E-state index in [1.165, 1.54) is 0 Å². The molecule has 0 bridgehead atoms. The number of para-hydroxylation sites is 1. The van der Waals surface area contributed by atoms with Gasteiger partial charge in [-0.3, -0.25) is 14.2 Å². The summed E-state index contributed by atoms with van der Waals surface area (Å²) >= 11 is 0. The average molecular weight is 436 g/mol. The van der Waals surface area contributed by atoms with Crippen LogP contribution in [0.2, 0.25) is 0 Å². The third-order valence-corrected chi connectivity index (χ3v) is 5.92. The minimum atomic E-state index is -0.371. The van der Waals surface area contributed by atoms with Gasteiger partial charge < -0.3 is 9.64 Å². The Bertz CT molecular complexity index is 1150. The normalized spacial score (nSPS) is 12.2. The van der Waals surface area contributed by atoms with Gasteiger partial charge in [-0.2, -0.15) is 0 Å². The van der Waals surface area contributed by atoms with Gasteiger partial charge in [-0.05, 0) is 69.0 Å². The second kappa shape index (κ2) is 10.6. The van der Waals surface area contributed by atoms with Crippen LogP contribution in [0.4, 0.5) is 0 Å². The van der Waals surface area contributed by atoms with Gasteiger partial charge in [-0.1, -0.05) is 25.1 Å². The Labute approximate surface area is 189 Å². The largest absolute Gasteiger partial charge is 0.385 e. The molecule has 1 unspecified atom stereocenters. The van der Waals surface area contributed by atoms with Crippen molar-refractivity contribution in [3.8, 4) is 5.69 Å².